The van der Waals surface area contributed by atoms with Crippen LogP contribution in [0.5, 0.6) is 0 Å². The summed E-state index contributed by atoms with van der Waals surface area (Å²) in [6.45, 7) is 0. The summed E-state index contributed by atoms with van der Waals surface area (Å²) in [4.78, 5) is 0. The van der Waals surface area contributed by atoms with Crippen molar-refractivity contribution in [1.82, 2.24) is 0 Å². The fourth-order valence-corrected chi connectivity index (χ4v) is 7.39. The lowest BCUT2D eigenvalue weighted by Crippen LogP contribution is -2.63. The lowest BCUT2D eigenvalue weighted by atomic mass is 9.56. The van der Waals surface area contributed by atoms with Gasteiger partial charge in [0.15, 0.2) is 5.60 Å². The molecule has 1 aromatic rings. The molecule has 24 heavy (non-hydrogen) atoms. The van der Waals surface area contributed by atoms with Crippen LogP contribution in [0.3, 0.4) is 0 Å². The standard InChI is InChI=1S/C20H25NO3/c22-19-14-8-2-3-9-15(14)21-20(19,23)18-13-7-6-12-17(18,24-18)16(19)10-4-1-5-11-16/h2-3,8-9,21-23H,1,4-7,10-13H2/t17-,18-,19+,20-/m0/s1. The second-order valence-corrected chi connectivity index (χ2v) is 8.70. The average Bonchev–Trinajstić information content (AvgIpc) is 3.26. The molecule has 4 fully saturated rings. The second-order valence-electron chi connectivity index (χ2n) is 8.70. The minimum Gasteiger partial charge on any atom is -0.379 e. The molecule has 0 unspecified atom stereocenters. The number of rotatable bonds is 0. The van der Waals surface area contributed by atoms with Gasteiger partial charge in [-0.25, -0.2) is 0 Å². The van der Waals surface area contributed by atoms with Crippen LogP contribution < -0.4 is 5.32 Å². The van der Waals surface area contributed by atoms with Crippen LogP contribution in [0.25, 0.3) is 0 Å². The highest BCUT2D eigenvalue weighted by Gasteiger charge is 2.99. The fourth-order valence-electron chi connectivity index (χ4n) is 7.39. The summed E-state index contributed by atoms with van der Waals surface area (Å²) in [7, 11) is 0. The first-order chi connectivity index (χ1) is 11.6. The molecule has 3 N–H and O–H groups in total. The first-order valence-electron chi connectivity index (χ1n) is 9.60. The van der Waals surface area contributed by atoms with Gasteiger partial charge in [-0.15, -0.1) is 0 Å². The number of benzene rings is 1. The van der Waals surface area contributed by atoms with E-state index < -0.39 is 16.9 Å². The molecule has 0 bridgehead atoms. The number of fused-ring (bicyclic) bond motifs is 4. The van der Waals surface area contributed by atoms with Crippen molar-refractivity contribution >= 4 is 5.69 Å². The largest absolute Gasteiger partial charge is 0.379 e. The Kier molecular flexibility index (Phi) is 2.26. The second kappa shape index (κ2) is 3.84. The van der Waals surface area contributed by atoms with E-state index in [1.165, 1.54) is 6.42 Å². The van der Waals surface area contributed by atoms with E-state index in [9.17, 15) is 10.2 Å². The van der Waals surface area contributed by atoms with Crippen LogP contribution in [0.4, 0.5) is 5.69 Å². The number of nitrogens with one attached hydrogen (secondary N) is 1. The minimum absolute atomic E-state index is 0.345. The number of aliphatic hydroxyl groups is 2. The Balaban J connectivity index is 1.67. The Bertz CT molecular complexity index is 744. The molecule has 3 saturated carbocycles. The summed E-state index contributed by atoms with van der Waals surface area (Å²) in [5, 5.41) is 27.5. The van der Waals surface area contributed by atoms with E-state index in [4.69, 9.17) is 4.74 Å². The van der Waals surface area contributed by atoms with Gasteiger partial charge >= 0.3 is 0 Å². The zero-order chi connectivity index (χ0) is 16.3. The summed E-state index contributed by atoms with van der Waals surface area (Å²) in [5.41, 5.74) is -2.23. The molecule has 2 heterocycles. The van der Waals surface area contributed by atoms with Crippen LogP contribution in [0.1, 0.15) is 63.4 Å². The van der Waals surface area contributed by atoms with E-state index in [1.807, 2.05) is 24.3 Å². The van der Waals surface area contributed by atoms with Crippen LogP contribution in [0.15, 0.2) is 24.3 Å². The molecule has 4 atom stereocenters. The zero-order valence-corrected chi connectivity index (χ0v) is 14.0. The summed E-state index contributed by atoms with van der Waals surface area (Å²) in [6.07, 6.45) is 9.35. The van der Waals surface area contributed by atoms with Gasteiger partial charge in [-0.2, -0.15) is 0 Å². The number of epoxide rings is 1. The fraction of sp³-hybridized carbons (Fsp3) is 0.700. The van der Waals surface area contributed by atoms with Crippen molar-refractivity contribution in [3.63, 3.8) is 0 Å². The summed E-state index contributed by atoms with van der Waals surface area (Å²) >= 11 is 0. The van der Waals surface area contributed by atoms with Gasteiger partial charge in [0.05, 0.1) is 0 Å². The normalized spacial score (nSPS) is 49.8. The van der Waals surface area contributed by atoms with Gasteiger partial charge in [0.25, 0.3) is 0 Å². The van der Waals surface area contributed by atoms with E-state index in [-0.39, 0.29) is 11.0 Å². The van der Waals surface area contributed by atoms with Crippen LogP contribution in [-0.2, 0) is 10.3 Å². The van der Waals surface area contributed by atoms with Crippen molar-refractivity contribution in [3.05, 3.63) is 29.8 Å². The molecule has 2 aliphatic heterocycles. The molecular formula is C20H25NO3. The topological polar surface area (TPSA) is 65.0 Å². The molecule has 1 spiro atoms. The maximum atomic E-state index is 12.2. The third-order valence-corrected chi connectivity index (χ3v) is 8.18. The van der Waals surface area contributed by atoms with Gasteiger partial charge in [-0.05, 0) is 31.7 Å². The summed E-state index contributed by atoms with van der Waals surface area (Å²) < 4.78 is 6.52. The summed E-state index contributed by atoms with van der Waals surface area (Å²) in [5.74, 6) is 0. The molecule has 3 aliphatic carbocycles. The Morgan fingerprint density at radius 3 is 2.29 bits per heavy atom. The van der Waals surface area contributed by atoms with Gasteiger partial charge < -0.3 is 20.3 Å². The van der Waals surface area contributed by atoms with E-state index in [1.54, 1.807) is 0 Å². The monoisotopic (exact) mass is 327 g/mol. The molecular weight excluding hydrogens is 302 g/mol. The number of hydrogen-bond acceptors (Lipinski definition) is 4. The molecule has 0 radical (unpaired) electrons. The first-order valence-corrected chi connectivity index (χ1v) is 9.60. The van der Waals surface area contributed by atoms with E-state index in [2.05, 4.69) is 5.32 Å². The number of para-hydroxylation sites is 1. The Hall–Kier alpha value is -1.10. The van der Waals surface area contributed by atoms with Crippen LogP contribution >= 0.6 is 0 Å². The first kappa shape index (κ1) is 14.1. The van der Waals surface area contributed by atoms with E-state index in [0.29, 0.717) is 0 Å². The molecule has 0 aromatic heterocycles. The third kappa shape index (κ3) is 1.05. The van der Waals surface area contributed by atoms with Gasteiger partial charge in [0.1, 0.15) is 11.2 Å². The number of anilines is 1. The molecule has 4 heteroatoms. The predicted octanol–water partition coefficient (Wildman–Crippen LogP) is 3.03. The average molecular weight is 327 g/mol. The van der Waals surface area contributed by atoms with Crippen molar-refractivity contribution in [2.24, 2.45) is 5.41 Å². The van der Waals surface area contributed by atoms with Crippen LogP contribution in [0.2, 0.25) is 0 Å². The molecule has 0 amide bonds. The quantitative estimate of drug-likeness (QED) is 0.641. The van der Waals surface area contributed by atoms with Gasteiger partial charge in [-0.1, -0.05) is 50.3 Å². The van der Waals surface area contributed by atoms with Crippen molar-refractivity contribution < 1.29 is 14.9 Å². The van der Waals surface area contributed by atoms with Crippen LogP contribution in [0, 0.1) is 5.41 Å². The zero-order valence-electron chi connectivity index (χ0n) is 14.0. The Labute approximate surface area is 142 Å². The molecule has 4 nitrogen and oxygen atoms in total. The molecule has 1 aromatic carbocycles. The molecule has 128 valence electrons. The lowest BCUT2D eigenvalue weighted by molar-refractivity contribution is -0.236. The molecule has 5 aliphatic rings. The number of hydrogen-bond donors (Lipinski definition) is 3. The summed E-state index contributed by atoms with van der Waals surface area (Å²) in [6, 6.07) is 7.92. The highest BCUT2D eigenvalue weighted by Crippen LogP contribution is 2.85. The van der Waals surface area contributed by atoms with Gasteiger partial charge in [0.2, 0.25) is 5.72 Å². The predicted molar refractivity (Wildman–Crippen MR) is 89.4 cm³/mol. The minimum atomic E-state index is -1.40. The van der Waals surface area contributed by atoms with Gasteiger partial charge in [0, 0.05) is 16.7 Å². The Morgan fingerprint density at radius 2 is 1.50 bits per heavy atom. The van der Waals surface area contributed by atoms with Crippen molar-refractivity contribution in [2.75, 3.05) is 5.32 Å². The smallest absolute Gasteiger partial charge is 0.202 e. The highest BCUT2D eigenvalue weighted by molar-refractivity contribution is 5.69. The van der Waals surface area contributed by atoms with Crippen molar-refractivity contribution in [3.8, 4) is 0 Å². The van der Waals surface area contributed by atoms with Crippen molar-refractivity contribution in [1.29, 1.82) is 0 Å². The maximum absolute atomic E-state index is 12.2. The SMILES string of the molecule is O[C@]12Nc3ccccc3[C@@]1(O)C1(CCCCC1)[C@@]13CCCC[C@@]21O3. The number of ether oxygens (including phenoxy) is 1. The Morgan fingerprint density at radius 1 is 0.833 bits per heavy atom. The lowest BCUT2D eigenvalue weighted by Gasteiger charge is -2.51. The molecule has 6 rings (SSSR count). The van der Waals surface area contributed by atoms with E-state index >= 15 is 0 Å². The third-order valence-electron chi connectivity index (χ3n) is 8.18. The van der Waals surface area contributed by atoms with Gasteiger partial charge in [-0.3, -0.25) is 0 Å². The highest BCUT2D eigenvalue weighted by atomic mass is 16.7. The van der Waals surface area contributed by atoms with E-state index in [0.717, 1.165) is 62.6 Å². The van der Waals surface area contributed by atoms with Crippen molar-refractivity contribution in [2.45, 2.75) is 80.3 Å². The molecule has 1 saturated heterocycles. The maximum Gasteiger partial charge on any atom is 0.202 e. The van der Waals surface area contributed by atoms with Crippen LogP contribution in [-0.4, -0.2) is 27.1 Å².